The smallest absolute Gasteiger partial charge is 0.330 e. The molecule has 0 aliphatic carbocycles. The third-order valence-electron chi connectivity index (χ3n) is 1.16. The second kappa shape index (κ2) is 20.8. The summed E-state index contributed by atoms with van der Waals surface area (Å²) in [6.45, 7) is 13.4. The molecule has 0 aromatic heterocycles. The first-order valence-corrected chi connectivity index (χ1v) is 5.72. The van der Waals surface area contributed by atoms with E-state index in [0.29, 0.717) is 6.61 Å². The quantitative estimate of drug-likeness (QED) is 0.333. The van der Waals surface area contributed by atoms with E-state index in [1.54, 1.807) is 0 Å². The highest BCUT2D eigenvalue weighted by Crippen LogP contribution is 1.88. The fourth-order valence-corrected chi connectivity index (χ4v) is 0.493. The van der Waals surface area contributed by atoms with Crippen molar-refractivity contribution in [3.05, 3.63) is 37.6 Å². The minimum Gasteiger partial charge on any atom is -0.463 e. The van der Waals surface area contributed by atoms with Crippen LogP contribution in [0.1, 0.15) is 26.7 Å². The van der Waals surface area contributed by atoms with Crippen LogP contribution < -0.4 is 0 Å². The minimum absolute atomic E-state index is 0.329. The van der Waals surface area contributed by atoms with Gasteiger partial charge in [-0.25, -0.2) is 4.79 Å². The third kappa shape index (κ3) is 36.6. The average molecular weight is 277 g/mol. The standard InChI is InChI=1S/C7H12O2.C4H6O2.C2H3Cl/c1-3-5-6-9-7(8)4-2;1-3-6-4(2)5;1-2-3/h4H,2-3,5-6H2,1H3;3H,1H2,2H3;2H,1H2. The van der Waals surface area contributed by atoms with Gasteiger partial charge in [-0.1, -0.05) is 44.7 Å². The number of carbonyl (C=O) groups excluding carboxylic acids is 2. The molecule has 0 radical (unpaired) electrons. The van der Waals surface area contributed by atoms with Gasteiger partial charge in [0.15, 0.2) is 0 Å². The second-order valence-corrected chi connectivity index (χ2v) is 2.96. The third-order valence-corrected chi connectivity index (χ3v) is 1.16. The van der Waals surface area contributed by atoms with Crippen LogP contribution in [-0.4, -0.2) is 18.5 Å². The first-order chi connectivity index (χ1) is 8.49. The minimum atomic E-state index is -0.330. The van der Waals surface area contributed by atoms with Crippen molar-refractivity contribution >= 4 is 23.5 Å². The van der Waals surface area contributed by atoms with Gasteiger partial charge < -0.3 is 9.47 Å². The van der Waals surface area contributed by atoms with Crippen LogP contribution in [0.15, 0.2) is 37.6 Å². The Morgan fingerprint density at radius 1 is 1.28 bits per heavy atom. The lowest BCUT2D eigenvalue weighted by Crippen LogP contribution is -2.00. The van der Waals surface area contributed by atoms with E-state index in [1.807, 2.05) is 6.92 Å². The van der Waals surface area contributed by atoms with Gasteiger partial charge in [-0.15, -0.1) is 0 Å². The Hall–Kier alpha value is -1.55. The van der Waals surface area contributed by atoms with Gasteiger partial charge in [-0.2, -0.15) is 0 Å². The Labute approximate surface area is 114 Å². The van der Waals surface area contributed by atoms with Crippen LogP contribution in [0.3, 0.4) is 0 Å². The van der Waals surface area contributed by atoms with Crippen molar-refractivity contribution in [3.63, 3.8) is 0 Å². The summed E-state index contributed by atoms with van der Waals surface area (Å²) >= 11 is 4.76. The summed E-state index contributed by atoms with van der Waals surface area (Å²) in [7, 11) is 0. The largest absolute Gasteiger partial charge is 0.463 e. The van der Waals surface area contributed by atoms with E-state index in [4.69, 9.17) is 11.6 Å². The zero-order valence-electron chi connectivity index (χ0n) is 11.0. The van der Waals surface area contributed by atoms with Crippen molar-refractivity contribution in [1.29, 1.82) is 0 Å². The zero-order valence-corrected chi connectivity index (χ0v) is 11.7. The van der Waals surface area contributed by atoms with E-state index < -0.39 is 0 Å². The molecule has 0 heterocycles. The van der Waals surface area contributed by atoms with Gasteiger partial charge in [0.25, 0.3) is 0 Å². The molecule has 0 N–H and O–H groups in total. The van der Waals surface area contributed by atoms with Gasteiger partial charge in [-0.3, -0.25) is 4.79 Å². The maximum atomic E-state index is 10.3. The van der Waals surface area contributed by atoms with E-state index in [9.17, 15) is 9.59 Å². The molecule has 4 nitrogen and oxygen atoms in total. The van der Waals surface area contributed by atoms with E-state index >= 15 is 0 Å². The maximum absolute atomic E-state index is 10.3. The van der Waals surface area contributed by atoms with Gasteiger partial charge in [-0.05, 0) is 12.0 Å². The molecular weight excluding hydrogens is 256 g/mol. The molecule has 0 rings (SSSR count). The first kappa shape index (κ1) is 21.7. The highest BCUT2D eigenvalue weighted by Gasteiger charge is 1.91. The van der Waals surface area contributed by atoms with E-state index in [-0.39, 0.29) is 11.9 Å². The van der Waals surface area contributed by atoms with Gasteiger partial charge >= 0.3 is 11.9 Å². The van der Waals surface area contributed by atoms with Crippen molar-refractivity contribution in [1.82, 2.24) is 0 Å². The average Bonchev–Trinajstić information content (AvgIpc) is 2.31. The van der Waals surface area contributed by atoms with Crippen molar-refractivity contribution < 1.29 is 19.1 Å². The number of rotatable bonds is 5. The summed E-state index contributed by atoms with van der Waals surface area (Å²) in [6.07, 6.45) is 4.25. The van der Waals surface area contributed by atoms with Crippen molar-refractivity contribution in [3.8, 4) is 0 Å². The molecular formula is C13H21ClO4. The Morgan fingerprint density at radius 2 is 1.78 bits per heavy atom. The SMILES string of the molecule is C=CC(=O)OCCCC.C=CCl.C=COC(C)=O. The normalized spacial score (nSPS) is 7.28. The monoisotopic (exact) mass is 276 g/mol. The highest BCUT2D eigenvalue weighted by atomic mass is 35.5. The molecule has 5 heteroatoms. The summed E-state index contributed by atoms with van der Waals surface area (Å²) in [4.78, 5) is 20.1. The van der Waals surface area contributed by atoms with E-state index in [2.05, 4.69) is 29.2 Å². The number of halogens is 1. The van der Waals surface area contributed by atoms with Crippen LogP contribution >= 0.6 is 11.6 Å². The lowest BCUT2D eigenvalue weighted by Gasteiger charge is -1.97. The number of hydrogen-bond donors (Lipinski definition) is 0. The molecule has 18 heavy (non-hydrogen) atoms. The van der Waals surface area contributed by atoms with Crippen LogP contribution in [0.5, 0.6) is 0 Å². The fraction of sp³-hybridized carbons (Fsp3) is 0.385. The molecule has 0 spiro atoms. The molecule has 0 amide bonds. The van der Waals surface area contributed by atoms with Gasteiger partial charge in [0.05, 0.1) is 12.9 Å². The van der Waals surface area contributed by atoms with Crippen LogP contribution in [0.4, 0.5) is 0 Å². The summed E-state index contributed by atoms with van der Waals surface area (Å²) in [5, 5.41) is 0. The topological polar surface area (TPSA) is 52.6 Å². The number of unbranched alkanes of at least 4 members (excludes halogenated alkanes) is 1. The predicted octanol–water partition coefficient (Wildman–Crippen LogP) is 3.58. The number of esters is 2. The van der Waals surface area contributed by atoms with Crippen molar-refractivity contribution in [2.45, 2.75) is 26.7 Å². The van der Waals surface area contributed by atoms with Crippen LogP contribution in [0.25, 0.3) is 0 Å². The van der Waals surface area contributed by atoms with Crippen LogP contribution in [0.2, 0.25) is 0 Å². The zero-order chi connectivity index (χ0) is 14.8. The second-order valence-electron chi connectivity index (χ2n) is 2.66. The lowest BCUT2D eigenvalue weighted by atomic mass is 10.4. The molecule has 0 aromatic carbocycles. The summed E-state index contributed by atoms with van der Waals surface area (Å²) < 4.78 is 8.84. The Kier molecular flexibility index (Phi) is 25.1. The molecule has 0 atom stereocenters. The summed E-state index contributed by atoms with van der Waals surface area (Å²) in [5.74, 6) is -0.659. The number of hydrogen-bond acceptors (Lipinski definition) is 4. The van der Waals surface area contributed by atoms with Crippen LogP contribution in [-0.2, 0) is 19.1 Å². The number of carbonyl (C=O) groups is 2. The molecule has 0 aliphatic heterocycles. The lowest BCUT2D eigenvalue weighted by molar-refractivity contribution is -0.138. The number of ether oxygens (including phenoxy) is 2. The van der Waals surface area contributed by atoms with Crippen LogP contribution in [0, 0.1) is 0 Å². The molecule has 0 aliphatic rings. The fourth-order valence-electron chi connectivity index (χ4n) is 0.493. The Bertz CT molecular complexity index is 249. The first-order valence-electron chi connectivity index (χ1n) is 5.28. The van der Waals surface area contributed by atoms with Gasteiger partial charge in [0, 0.05) is 13.0 Å². The van der Waals surface area contributed by atoms with Crippen molar-refractivity contribution in [2.24, 2.45) is 0 Å². The van der Waals surface area contributed by atoms with Crippen molar-refractivity contribution in [2.75, 3.05) is 6.61 Å². The Morgan fingerprint density at radius 3 is 2.00 bits per heavy atom. The van der Waals surface area contributed by atoms with Gasteiger partial charge in [0.1, 0.15) is 0 Å². The predicted molar refractivity (Wildman–Crippen MR) is 74.1 cm³/mol. The summed E-state index contributed by atoms with van der Waals surface area (Å²) in [6, 6.07) is 0. The maximum Gasteiger partial charge on any atom is 0.330 e. The van der Waals surface area contributed by atoms with E-state index in [1.165, 1.54) is 18.5 Å². The molecule has 0 saturated heterocycles. The van der Waals surface area contributed by atoms with Gasteiger partial charge in [0.2, 0.25) is 0 Å². The molecule has 0 unspecified atom stereocenters. The molecule has 104 valence electrons. The highest BCUT2D eigenvalue weighted by molar-refractivity contribution is 6.25. The molecule has 0 fully saturated rings. The van der Waals surface area contributed by atoms with E-state index in [0.717, 1.165) is 19.1 Å². The molecule has 0 saturated carbocycles. The molecule has 0 aromatic rings. The Balaban J connectivity index is -0.000000216. The molecule has 0 bridgehead atoms. The summed E-state index contributed by atoms with van der Waals surface area (Å²) in [5.41, 5.74) is 1.22.